The van der Waals surface area contributed by atoms with Gasteiger partial charge in [0, 0.05) is 18.5 Å². The predicted molar refractivity (Wildman–Crippen MR) is 152 cm³/mol. The molecule has 38 heavy (non-hydrogen) atoms. The zero-order valence-electron chi connectivity index (χ0n) is 25.0. The number of carbonyl (C=O) groups excluding carboxylic acids is 3. The summed E-state index contributed by atoms with van der Waals surface area (Å²) in [5.41, 5.74) is 0.572. The molecule has 0 aliphatic heterocycles. The van der Waals surface area contributed by atoms with Crippen molar-refractivity contribution in [2.45, 2.75) is 113 Å². The smallest absolute Gasteiger partial charge is 0.243 e. The Bertz CT molecular complexity index is 867. The van der Waals surface area contributed by atoms with E-state index in [-0.39, 0.29) is 53.9 Å². The summed E-state index contributed by atoms with van der Waals surface area (Å²) >= 11 is 0. The molecule has 1 heterocycles. The summed E-state index contributed by atoms with van der Waals surface area (Å²) in [5.74, 6) is -1.03. The highest BCUT2D eigenvalue weighted by Gasteiger charge is 2.34. The summed E-state index contributed by atoms with van der Waals surface area (Å²) in [6, 6.07) is 4.36. The highest BCUT2D eigenvalue weighted by atomic mass is 16.3. The molecule has 0 saturated carbocycles. The molecule has 8 heteroatoms. The second kappa shape index (κ2) is 15.8. The number of pyridine rings is 1. The van der Waals surface area contributed by atoms with Crippen molar-refractivity contribution in [1.82, 2.24) is 20.9 Å². The highest BCUT2D eigenvalue weighted by molar-refractivity contribution is 5.88. The number of aromatic nitrogens is 1. The standard InChI is InChI=1S/C30H52N4O4/c1-10-21(6)27(29(38)32-18-22-13-11-12-14-31-22)34-28(37)23(20(4)5)16-25(35)24(15-19(2)3)33-26(36)17-30(7,8)9/h11-14,19-21,23-25,27,35H,10,15-18H2,1-9H3,(H,32,38)(H,33,36)(H,34,37)/t21-,23+,24-,25-,27-/m0/s1. The molecule has 0 unspecified atom stereocenters. The predicted octanol–water partition coefficient (Wildman–Crippen LogP) is 4.22. The van der Waals surface area contributed by atoms with Gasteiger partial charge >= 0.3 is 0 Å². The van der Waals surface area contributed by atoms with Crippen LogP contribution in [-0.2, 0) is 20.9 Å². The number of amides is 3. The summed E-state index contributed by atoms with van der Waals surface area (Å²) in [6.45, 7) is 18.2. The van der Waals surface area contributed by atoms with Crippen LogP contribution in [0, 0.1) is 29.1 Å². The van der Waals surface area contributed by atoms with Crippen molar-refractivity contribution >= 4 is 17.7 Å². The van der Waals surface area contributed by atoms with Crippen LogP contribution in [0.2, 0.25) is 0 Å². The van der Waals surface area contributed by atoms with Crippen molar-refractivity contribution < 1.29 is 19.5 Å². The SMILES string of the molecule is CC[C@H](C)[C@H](NC(=O)[C@H](C[C@H](O)[C@H](CC(C)C)NC(=O)CC(C)(C)C)C(C)C)C(=O)NCc1ccccn1. The van der Waals surface area contributed by atoms with E-state index in [0.29, 0.717) is 19.3 Å². The topological polar surface area (TPSA) is 120 Å². The van der Waals surface area contributed by atoms with Crippen molar-refractivity contribution in [2.24, 2.45) is 29.1 Å². The van der Waals surface area contributed by atoms with E-state index in [0.717, 1.165) is 5.69 Å². The van der Waals surface area contributed by atoms with Crippen molar-refractivity contribution in [2.75, 3.05) is 0 Å². The van der Waals surface area contributed by atoms with Crippen LogP contribution in [-0.4, -0.2) is 46.0 Å². The second-order valence-corrected chi connectivity index (χ2v) is 12.6. The third-order valence-electron chi connectivity index (χ3n) is 6.83. The maximum absolute atomic E-state index is 13.5. The fourth-order valence-electron chi connectivity index (χ4n) is 4.42. The van der Waals surface area contributed by atoms with Crippen LogP contribution in [0.4, 0.5) is 0 Å². The van der Waals surface area contributed by atoms with Gasteiger partial charge in [-0.2, -0.15) is 0 Å². The fraction of sp³-hybridized carbons (Fsp3) is 0.733. The number of aliphatic hydroxyl groups is 1. The molecule has 0 spiro atoms. The molecule has 5 atom stereocenters. The van der Waals surface area contributed by atoms with E-state index in [4.69, 9.17) is 0 Å². The maximum atomic E-state index is 13.5. The highest BCUT2D eigenvalue weighted by Crippen LogP contribution is 2.24. The van der Waals surface area contributed by atoms with Gasteiger partial charge in [-0.25, -0.2) is 0 Å². The van der Waals surface area contributed by atoms with Gasteiger partial charge in [-0.3, -0.25) is 19.4 Å². The third-order valence-corrected chi connectivity index (χ3v) is 6.83. The summed E-state index contributed by atoms with van der Waals surface area (Å²) in [7, 11) is 0. The molecule has 1 rings (SSSR count). The van der Waals surface area contributed by atoms with E-state index in [9.17, 15) is 19.5 Å². The maximum Gasteiger partial charge on any atom is 0.243 e. The summed E-state index contributed by atoms with van der Waals surface area (Å²) in [4.78, 5) is 43.5. The molecule has 1 aromatic rings. The van der Waals surface area contributed by atoms with Gasteiger partial charge in [0.1, 0.15) is 6.04 Å². The van der Waals surface area contributed by atoms with Gasteiger partial charge in [0.05, 0.1) is 24.4 Å². The van der Waals surface area contributed by atoms with Crippen LogP contribution in [0.5, 0.6) is 0 Å². The Hall–Kier alpha value is -2.48. The van der Waals surface area contributed by atoms with Crippen LogP contribution in [0.15, 0.2) is 24.4 Å². The van der Waals surface area contributed by atoms with Crippen LogP contribution < -0.4 is 16.0 Å². The van der Waals surface area contributed by atoms with Crippen LogP contribution in [0.1, 0.15) is 93.7 Å². The van der Waals surface area contributed by atoms with Gasteiger partial charge in [-0.1, -0.05) is 74.8 Å². The Morgan fingerprint density at radius 1 is 0.974 bits per heavy atom. The Morgan fingerprint density at radius 3 is 2.13 bits per heavy atom. The van der Waals surface area contributed by atoms with Crippen molar-refractivity contribution in [1.29, 1.82) is 0 Å². The summed E-state index contributed by atoms with van der Waals surface area (Å²) in [6.07, 6.45) is 2.65. The average Bonchev–Trinajstić information content (AvgIpc) is 2.82. The molecule has 4 N–H and O–H groups in total. The number of hydrogen-bond acceptors (Lipinski definition) is 5. The van der Waals surface area contributed by atoms with Crippen LogP contribution in [0.3, 0.4) is 0 Å². The number of carbonyl (C=O) groups is 3. The molecule has 3 amide bonds. The van der Waals surface area contributed by atoms with Crippen molar-refractivity contribution in [3.63, 3.8) is 0 Å². The zero-order valence-corrected chi connectivity index (χ0v) is 25.0. The van der Waals surface area contributed by atoms with Crippen molar-refractivity contribution in [3.8, 4) is 0 Å². The largest absolute Gasteiger partial charge is 0.391 e. The number of hydrogen-bond donors (Lipinski definition) is 4. The van der Waals surface area contributed by atoms with Gasteiger partial charge in [0.15, 0.2) is 0 Å². The molecular formula is C30H52N4O4. The number of aliphatic hydroxyl groups excluding tert-OH is 1. The van der Waals surface area contributed by atoms with Crippen molar-refractivity contribution in [3.05, 3.63) is 30.1 Å². The Kier molecular flexibility index (Phi) is 14.0. The average molecular weight is 533 g/mol. The quantitative estimate of drug-likeness (QED) is 0.270. The first-order chi connectivity index (χ1) is 17.6. The zero-order chi connectivity index (χ0) is 29.0. The first-order valence-electron chi connectivity index (χ1n) is 14.1. The molecule has 0 aromatic carbocycles. The minimum absolute atomic E-state index is 0.0659. The third kappa shape index (κ3) is 12.4. The van der Waals surface area contributed by atoms with Gasteiger partial charge in [-0.05, 0) is 48.1 Å². The Labute approximate surface area is 230 Å². The molecule has 8 nitrogen and oxygen atoms in total. The monoisotopic (exact) mass is 532 g/mol. The van der Waals surface area contributed by atoms with E-state index in [1.807, 2.05) is 80.5 Å². The number of nitrogens with one attached hydrogen (secondary N) is 3. The molecule has 1 aromatic heterocycles. The normalized spacial score (nSPS) is 15.9. The number of nitrogens with zero attached hydrogens (tertiary/aromatic N) is 1. The molecule has 0 fully saturated rings. The minimum atomic E-state index is -0.889. The van der Waals surface area contributed by atoms with Gasteiger partial charge < -0.3 is 21.1 Å². The molecule has 0 aliphatic rings. The molecule has 0 radical (unpaired) electrons. The van der Waals surface area contributed by atoms with E-state index < -0.39 is 24.1 Å². The lowest BCUT2D eigenvalue weighted by Crippen LogP contribution is -2.53. The first-order valence-corrected chi connectivity index (χ1v) is 14.1. The molecule has 0 bridgehead atoms. The Morgan fingerprint density at radius 2 is 1.63 bits per heavy atom. The van der Waals surface area contributed by atoms with E-state index >= 15 is 0 Å². The van der Waals surface area contributed by atoms with Gasteiger partial charge in [0.2, 0.25) is 17.7 Å². The summed E-state index contributed by atoms with van der Waals surface area (Å²) in [5, 5.41) is 20.1. The van der Waals surface area contributed by atoms with Crippen LogP contribution >= 0.6 is 0 Å². The lowest BCUT2D eigenvalue weighted by molar-refractivity contribution is -0.134. The van der Waals surface area contributed by atoms with Crippen LogP contribution in [0.25, 0.3) is 0 Å². The van der Waals surface area contributed by atoms with E-state index in [2.05, 4.69) is 20.9 Å². The molecule has 216 valence electrons. The second-order valence-electron chi connectivity index (χ2n) is 12.6. The fourth-order valence-corrected chi connectivity index (χ4v) is 4.42. The molecule has 0 saturated heterocycles. The Balaban J connectivity index is 2.97. The van der Waals surface area contributed by atoms with Gasteiger partial charge in [0.25, 0.3) is 0 Å². The summed E-state index contributed by atoms with van der Waals surface area (Å²) < 4.78 is 0. The van der Waals surface area contributed by atoms with E-state index in [1.54, 1.807) is 6.20 Å². The lowest BCUT2D eigenvalue weighted by atomic mass is 9.84. The molecular weight excluding hydrogens is 480 g/mol. The van der Waals surface area contributed by atoms with Gasteiger partial charge in [-0.15, -0.1) is 0 Å². The first kappa shape index (κ1) is 33.5. The van der Waals surface area contributed by atoms with E-state index in [1.165, 1.54) is 0 Å². The lowest BCUT2D eigenvalue weighted by Gasteiger charge is -2.32. The number of rotatable bonds is 15. The molecule has 0 aliphatic carbocycles. The minimum Gasteiger partial charge on any atom is -0.391 e.